The highest BCUT2D eigenvalue weighted by Gasteiger charge is 2.19. The zero-order chi connectivity index (χ0) is 14.2. The van der Waals surface area contributed by atoms with E-state index in [9.17, 15) is 9.00 Å². The van der Waals surface area contributed by atoms with E-state index < -0.39 is 10.8 Å². The number of hydrogen-bond donors (Lipinski definition) is 3. The Kier molecular flexibility index (Phi) is 8.18. The highest BCUT2D eigenvalue weighted by molar-refractivity contribution is 7.86. The predicted octanol–water partition coefficient (Wildman–Crippen LogP) is 0.994. The van der Waals surface area contributed by atoms with Crippen molar-refractivity contribution >= 4 is 16.8 Å². The lowest BCUT2D eigenvalue weighted by atomic mass is 10.2. The third-order valence-electron chi connectivity index (χ3n) is 2.56. The van der Waals surface area contributed by atoms with Crippen molar-refractivity contribution in [2.24, 2.45) is 0 Å². The summed E-state index contributed by atoms with van der Waals surface area (Å²) in [5.74, 6) is 0.452. The third kappa shape index (κ3) is 7.66. The molecule has 0 aromatic carbocycles. The van der Waals surface area contributed by atoms with Crippen LogP contribution in [0.5, 0.6) is 0 Å². The molecular formula is C12H26N2O3S. The Bertz CT molecular complexity index is 277. The van der Waals surface area contributed by atoms with Crippen LogP contribution in [0, 0.1) is 0 Å². The van der Waals surface area contributed by atoms with E-state index in [4.69, 9.17) is 5.11 Å². The Morgan fingerprint density at radius 3 is 2.44 bits per heavy atom. The lowest BCUT2D eigenvalue weighted by Gasteiger charge is -2.19. The van der Waals surface area contributed by atoms with E-state index in [1.54, 1.807) is 0 Å². The molecule has 6 heteroatoms. The second-order valence-corrected chi connectivity index (χ2v) is 7.50. The van der Waals surface area contributed by atoms with E-state index in [1.807, 2.05) is 27.7 Å². The summed E-state index contributed by atoms with van der Waals surface area (Å²) in [7, 11) is -0.954. The van der Waals surface area contributed by atoms with Gasteiger partial charge in [0.05, 0.1) is 0 Å². The SMILES string of the molecule is CCC(CCO)NC(=O)NCCS(=O)C(C)(C)C. The molecule has 108 valence electrons. The molecule has 0 saturated heterocycles. The van der Waals surface area contributed by atoms with Crippen LogP contribution in [0.15, 0.2) is 0 Å². The van der Waals surface area contributed by atoms with Gasteiger partial charge in [-0.05, 0) is 33.6 Å². The molecule has 5 nitrogen and oxygen atoms in total. The summed E-state index contributed by atoms with van der Waals surface area (Å²) in [6, 6.07) is -0.274. The monoisotopic (exact) mass is 278 g/mol. The molecule has 0 aliphatic heterocycles. The van der Waals surface area contributed by atoms with Crippen LogP contribution in [0.1, 0.15) is 40.5 Å². The minimum absolute atomic E-state index is 0.0110. The van der Waals surface area contributed by atoms with Crippen LogP contribution in [0.25, 0.3) is 0 Å². The van der Waals surface area contributed by atoms with E-state index in [1.165, 1.54) is 0 Å². The fourth-order valence-corrected chi connectivity index (χ4v) is 2.23. The highest BCUT2D eigenvalue weighted by atomic mass is 32.2. The van der Waals surface area contributed by atoms with Gasteiger partial charge in [0.1, 0.15) is 0 Å². The maximum atomic E-state index is 11.7. The summed E-state index contributed by atoms with van der Waals surface area (Å²) in [6.07, 6.45) is 1.33. The molecule has 2 atom stereocenters. The van der Waals surface area contributed by atoms with E-state index in [-0.39, 0.29) is 23.4 Å². The lowest BCUT2D eigenvalue weighted by molar-refractivity contribution is 0.228. The van der Waals surface area contributed by atoms with Gasteiger partial charge in [-0.15, -0.1) is 0 Å². The molecule has 0 radical (unpaired) electrons. The molecule has 2 amide bonds. The lowest BCUT2D eigenvalue weighted by Crippen LogP contribution is -2.44. The van der Waals surface area contributed by atoms with E-state index in [0.717, 1.165) is 6.42 Å². The molecule has 0 saturated carbocycles. The van der Waals surface area contributed by atoms with Gasteiger partial charge < -0.3 is 15.7 Å². The summed E-state index contributed by atoms with van der Waals surface area (Å²) in [6.45, 7) is 8.15. The Morgan fingerprint density at radius 2 is 2.00 bits per heavy atom. The van der Waals surface area contributed by atoms with Gasteiger partial charge in [0, 0.05) is 40.5 Å². The number of nitrogens with one attached hydrogen (secondary N) is 2. The van der Waals surface area contributed by atoms with Gasteiger partial charge in [0.15, 0.2) is 0 Å². The molecule has 0 aromatic heterocycles. The van der Waals surface area contributed by atoms with Crippen LogP contribution in [-0.2, 0) is 10.8 Å². The maximum absolute atomic E-state index is 11.7. The van der Waals surface area contributed by atoms with Crippen molar-refractivity contribution in [1.82, 2.24) is 10.6 Å². The van der Waals surface area contributed by atoms with Crippen LogP contribution < -0.4 is 10.6 Å². The quantitative estimate of drug-likeness (QED) is 0.650. The zero-order valence-corrected chi connectivity index (χ0v) is 12.6. The highest BCUT2D eigenvalue weighted by Crippen LogP contribution is 2.10. The molecule has 0 heterocycles. The van der Waals surface area contributed by atoms with E-state index >= 15 is 0 Å². The fraction of sp³-hybridized carbons (Fsp3) is 0.917. The average molecular weight is 278 g/mol. The average Bonchev–Trinajstić information content (AvgIpc) is 2.27. The summed E-state index contributed by atoms with van der Waals surface area (Å²) in [4.78, 5) is 11.5. The minimum Gasteiger partial charge on any atom is -0.396 e. The molecule has 2 unspecified atom stereocenters. The van der Waals surface area contributed by atoms with Crippen LogP contribution in [0.2, 0.25) is 0 Å². The number of aliphatic hydroxyl groups is 1. The van der Waals surface area contributed by atoms with Crippen LogP contribution in [0.4, 0.5) is 4.79 Å². The first-order valence-electron chi connectivity index (χ1n) is 6.35. The minimum atomic E-state index is -0.954. The molecule has 0 bridgehead atoms. The zero-order valence-electron chi connectivity index (χ0n) is 11.8. The maximum Gasteiger partial charge on any atom is 0.315 e. The molecule has 0 aliphatic rings. The number of rotatable bonds is 7. The van der Waals surface area contributed by atoms with Gasteiger partial charge in [-0.1, -0.05) is 6.92 Å². The van der Waals surface area contributed by atoms with Crippen molar-refractivity contribution < 1.29 is 14.1 Å². The predicted molar refractivity (Wildman–Crippen MR) is 75.1 cm³/mol. The molecule has 18 heavy (non-hydrogen) atoms. The number of carbonyl (C=O) groups excluding carboxylic acids is 1. The van der Waals surface area contributed by atoms with E-state index in [0.29, 0.717) is 18.7 Å². The van der Waals surface area contributed by atoms with Crippen molar-refractivity contribution in [3.63, 3.8) is 0 Å². The van der Waals surface area contributed by atoms with Crippen LogP contribution in [0.3, 0.4) is 0 Å². The number of aliphatic hydroxyl groups excluding tert-OH is 1. The summed E-state index contributed by atoms with van der Waals surface area (Å²) in [5.41, 5.74) is 0. The van der Waals surface area contributed by atoms with Crippen molar-refractivity contribution in [3.05, 3.63) is 0 Å². The number of urea groups is 1. The molecule has 0 fully saturated rings. The van der Waals surface area contributed by atoms with Crippen LogP contribution in [-0.4, -0.2) is 45.0 Å². The Balaban J connectivity index is 3.87. The topological polar surface area (TPSA) is 78.4 Å². The van der Waals surface area contributed by atoms with Gasteiger partial charge in [-0.3, -0.25) is 4.21 Å². The smallest absolute Gasteiger partial charge is 0.315 e. The Labute approximate surface area is 112 Å². The fourth-order valence-electron chi connectivity index (χ4n) is 1.33. The van der Waals surface area contributed by atoms with E-state index in [2.05, 4.69) is 10.6 Å². The van der Waals surface area contributed by atoms with Crippen LogP contribution >= 0.6 is 0 Å². The number of hydrogen-bond acceptors (Lipinski definition) is 3. The standard InChI is InChI=1S/C12H26N2O3S/c1-5-10(6-8-15)14-11(16)13-7-9-18(17)12(2,3)4/h10,15H,5-9H2,1-4H3,(H2,13,14,16). The molecule has 0 rings (SSSR count). The summed E-state index contributed by atoms with van der Waals surface area (Å²) < 4.78 is 11.5. The molecule has 0 aliphatic carbocycles. The van der Waals surface area contributed by atoms with Crippen molar-refractivity contribution in [3.8, 4) is 0 Å². The number of amides is 2. The van der Waals surface area contributed by atoms with Crippen molar-refractivity contribution in [2.75, 3.05) is 18.9 Å². The normalized spacial score (nSPS) is 14.9. The molecule has 0 spiro atoms. The molecule has 0 aromatic rings. The third-order valence-corrected chi connectivity index (χ3v) is 4.50. The first-order valence-corrected chi connectivity index (χ1v) is 7.66. The van der Waals surface area contributed by atoms with Gasteiger partial charge in [0.25, 0.3) is 0 Å². The second kappa shape index (κ2) is 8.48. The first-order chi connectivity index (χ1) is 8.31. The summed E-state index contributed by atoms with van der Waals surface area (Å²) >= 11 is 0. The van der Waals surface area contributed by atoms with Gasteiger partial charge >= 0.3 is 6.03 Å². The second-order valence-electron chi connectivity index (χ2n) is 5.18. The van der Waals surface area contributed by atoms with Gasteiger partial charge in [0.2, 0.25) is 0 Å². The molecular weight excluding hydrogens is 252 g/mol. The van der Waals surface area contributed by atoms with Crippen molar-refractivity contribution in [1.29, 1.82) is 0 Å². The Morgan fingerprint density at radius 1 is 1.39 bits per heavy atom. The summed E-state index contributed by atoms with van der Waals surface area (Å²) in [5, 5.41) is 14.3. The number of carbonyl (C=O) groups is 1. The van der Waals surface area contributed by atoms with Crippen molar-refractivity contribution in [2.45, 2.75) is 51.3 Å². The largest absolute Gasteiger partial charge is 0.396 e. The van der Waals surface area contributed by atoms with Gasteiger partial charge in [-0.25, -0.2) is 4.79 Å². The molecule has 3 N–H and O–H groups in total. The first kappa shape index (κ1) is 17.4. The Hall–Kier alpha value is -0.620. The van der Waals surface area contributed by atoms with Gasteiger partial charge in [-0.2, -0.15) is 0 Å².